The first-order chi connectivity index (χ1) is 10.1. The first kappa shape index (κ1) is 14.4. The van der Waals surface area contributed by atoms with Crippen LogP contribution < -0.4 is 4.74 Å². The van der Waals surface area contributed by atoms with Crippen LogP contribution in [0.1, 0.15) is 29.6 Å². The monoisotopic (exact) mass is 288 g/mol. The van der Waals surface area contributed by atoms with Crippen LogP contribution in [-0.2, 0) is 0 Å². The molecule has 0 aromatic heterocycles. The molecule has 1 amide bonds. The van der Waals surface area contributed by atoms with Gasteiger partial charge in [-0.2, -0.15) is 0 Å². The van der Waals surface area contributed by atoms with E-state index in [1.54, 1.807) is 7.11 Å². The van der Waals surface area contributed by atoms with E-state index in [0.717, 1.165) is 32.6 Å². The number of ether oxygens (including phenoxy) is 1. The highest BCUT2D eigenvalue weighted by Gasteiger charge is 2.41. The van der Waals surface area contributed by atoms with Crippen molar-refractivity contribution in [2.75, 3.05) is 40.3 Å². The zero-order valence-corrected chi connectivity index (χ0v) is 13.0. The van der Waals surface area contributed by atoms with E-state index in [1.807, 2.05) is 29.2 Å². The highest BCUT2D eigenvalue weighted by Crippen LogP contribution is 2.40. The lowest BCUT2D eigenvalue weighted by atomic mass is 9.78. The van der Waals surface area contributed by atoms with E-state index in [9.17, 15) is 4.79 Å². The summed E-state index contributed by atoms with van der Waals surface area (Å²) in [6.07, 6.45) is 3.56. The molecule has 0 N–H and O–H groups in total. The smallest absolute Gasteiger partial charge is 0.257 e. The van der Waals surface area contributed by atoms with Gasteiger partial charge < -0.3 is 14.5 Å². The van der Waals surface area contributed by atoms with Crippen molar-refractivity contribution in [2.24, 2.45) is 5.41 Å². The summed E-state index contributed by atoms with van der Waals surface area (Å²) in [6, 6.07) is 7.52. The van der Waals surface area contributed by atoms with E-state index >= 15 is 0 Å². The average molecular weight is 288 g/mol. The molecular weight excluding hydrogens is 264 g/mol. The van der Waals surface area contributed by atoms with Gasteiger partial charge in [-0.3, -0.25) is 4.79 Å². The first-order valence-corrected chi connectivity index (χ1v) is 7.74. The second-order valence-electron chi connectivity index (χ2n) is 6.48. The van der Waals surface area contributed by atoms with Crippen LogP contribution in [-0.4, -0.2) is 56.0 Å². The third kappa shape index (κ3) is 2.77. The van der Waals surface area contributed by atoms with Crippen molar-refractivity contribution in [1.29, 1.82) is 0 Å². The van der Waals surface area contributed by atoms with E-state index in [0.29, 0.717) is 16.7 Å². The number of amides is 1. The fraction of sp³-hybridized carbons (Fsp3) is 0.588. The molecular formula is C17H24N2O2. The molecule has 0 bridgehead atoms. The summed E-state index contributed by atoms with van der Waals surface area (Å²) in [5.41, 5.74) is 1.04. The molecule has 4 nitrogen and oxygen atoms in total. The number of nitrogens with zero attached hydrogens (tertiary/aromatic N) is 2. The second kappa shape index (κ2) is 5.68. The Morgan fingerprint density at radius 1 is 1.14 bits per heavy atom. The molecule has 2 saturated heterocycles. The summed E-state index contributed by atoms with van der Waals surface area (Å²) in [6.45, 7) is 4.08. The molecule has 0 aliphatic carbocycles. The van der Waals surface area contributed by atoms with Gasteiger partial charge in [0.15, 0.2) is 0 Å². The Balaban J connectivity index is 1.72. The van der Waals surface area contributed by atoms with Gasteiger partial charge in [0, 0.05) is 13.1 Å². The number of para-hydroxylation sites is 1. The molecule has 21 heavy (non-hydrogen) atoms. The van der Waals surface area contributed by atoms with Crippen LogP contribution in [0.2, 0.25) is 0 Å². The maximum absolute atomic E-state index is 12.8. The van der Waals surface area contributed by atoms with E-state index in [4.69, 9.17) is 4.74 Å². The van der Waals surface area contributed by atoms with Crippen molar-refractivity contribution < 1.29 is 9.53 Å². The third-order valence-electron chi connectivity index (χ3n) is 5.11. The zero-order valence-electron chi connectivity index (χ0n) is 13.0. The molecule has 4 heteroatoms. The van der Waals surface area contributed by atoms with Gasteiger partial charge in [0.25, 0.3) is 5.91 Å². The third-order valence-corrected chi connectivity index (χ3v) is 5.11. The molecule has 0 saturated carbocycles. The maximum atomic E-state index is 12.8. The fourth-order valence-corrected chi connectivity index (χ4v) is 3.60. The summed E-state index contributed by atoms with van der Waals surface area (Å²) < 4.78 is 5.32. The van der Waals surface area contributed by atoms with Crippen LogP contribution in [0, 0.1) is 5.41 Å². The number of hydrogen-bond donors (Lipinski definition) is 0. The SMILES string of the molecule is COc1ccccc1C(=O)N1CCC2(CCN(C)CC2)C1. The Morgan fingerprint density at radius 3 is 2.52 bits per heavy atom. The predicted molar refractivity (Wildman–Crippen MR) is 82.7 cm³/mol. The summed E-state index contributed by atoms with van der Waals surface area (Å²) >= 11 is 0. The highest BCUT2D eigenvalue weighted by molar-refractivity contribution is 5.97. The van der Waals surface area contributed by atoms with Gasteiger partial charge in [-0.05, 0) is 56.9 Å². The lowest BCUT2D eigenvalue weighted by molar-refractivity contribution is 0.0733. The van der Waals surface area contributed by atoms with Crippen LogP contribution in [0.15, 0.2) is 24.3 Å². The molecule has 2 fully saturated rings. The molecule has 1 spiro atoms. The van der Waals surface area contributed by atoms with Gasteiger partial charge in [-0.25, -0.2) is 0 Å². The predicted octanol–water partition coefficient (Wildman–Crippen LogP) is 2.25. The van der Waals surface area contributed by atoms with Crippen LogP contribution >= 0.6 is 0 Å². The number of likely N-dealkylation sites (tertiary alicyclic amines) is 2. The van der Waals surface area contributed by atoms with Crippen molar-refractivity contribution in [3.63, 3.8) is 0 Å². The molecule has 0 atom stereocenters. The minimum atomic E-state index is 0.114. The molecule has 2 aliphatic rings. The number of piperidine rings is 1. The molecule has 1 aromatic rings. The van der Waals surface area contributed by atoms with Crippen LogP contribution in [0.4, 0.5) is 0 Å². The Kier molecular flexibility index (Phi) is 3.89. The summed E-state index contributed by atoms with van der Waals surface area (Å²) in [5, 5.41) is 0. The van der Waals surface area contributed by atoms with Gasteiger partial charge in [-0.1, -0.05) is 12.1 Å². The van der Waals surface area contributed by atoms with Crippen LogP contribution in [0.5, 0.6) is 5.75 Å². The van der Waals surface area contributed by atoms with Gasteiger partial charge in [0.05, 0.1) is 12.7 Å². The van der Waals surface area contributed by atoms with E-state index in [1.165, 1.54) is 12.8 Å². The zero-order chi connectivity index (χ0) is 14.9. The summed E-state index contributed by atoms with van der Waals surface area (Å²) in [5.74, 6) is 0.787. The highest BCUT2D eigenvalue weighted by atomic mass is 16.5. The standard InChI is InChI=1S/C17H24N2O2/c1-18-10-7-17(8-11-18)9-12-19(13-17)16(20)14-5-3-4-6-15(14)21-2/h3-6H,7-13H2,1-2H3. The minimum Gasteiger partial charge on any atom is -0.496 e. The molecule has 2 aliphatic heterocycles. The van der Waals surface area contributed by atoms with E-state index < -0.39 is 0 Å². The lowest BCUT2D eigenvalue weighted by Gasteiger charge is -2.37. The largest absolute Gasteiger partial charge is 0.496 e. The number of rotatable bonds is 2. The van der Waals surface area contributed by atoms with Crippen molar-refractivity contribution in [3.8, 4) is 5.75 Å². The summed E-state index contributed by atoms with van der Waals surface area (Å²) in [7, 11) is 3.80. The van der Waals surface area contributed by atoms with Crippen molar-refractivity contribution in [3.05, 3.63) is 29.8 Å². The normalized spacial score (nSPS) is 21.7. The number of carbonyl (C=O) groups is 1. The lowest BCUT2D eigenvalue weighted by Crippen LogP contribution is -2.40. The van der Waals surface area contributed by atoms with E-state index in [-0.39, 0.29) is 5.91 Å². The van der Waals surface area contributed by atoms with Gasteiger partial charge >= 0.3 is 0 Å². The second-order valence-corrected chi connectivity index (χ2v) is 6.48. The van der Waals surface area contributed by atoms with Crippen molar-refractivity contribution >= 4 is 5.91 Å². The average Bonchev–Trinajstić information content (AvgIpc) is 2.94. The maximum Gasteiger partial charge on any atom is 0.257 e. The van der Waals surface area contributed by atoms with Crippen LogP contribution in [0.3, 0.4) is 0 Å². The molecule has 3 rings (SSSR count). The topological polar surface area (TPSA) is 32.8 Å². The van der Waals surface area contributed by atoms with Crippen molar-refractivity contribution in [1.82, 2.24) is 9.80 Å². The Labute approximate surface area is 126 Å². The minimum absolute atomic E-state index is 0.114. The van der Waals surface area contributed by atoms with Gasteiger partial charge in [0.1, 0.15) is 5.75 Å². The fourth-order valence-electron chi connectivity index (χ4n) is 3.60. The van der Waals surface area contributed by atoms with E-state index in [2.05, 4.69) is 11.9 Å². The number of hydrogen-bond acceptors (Lipinski definition) is 3. The first-order valence-electron chi connectivity index (χ1n) is 7.74. The molecule has 1 aromatic carbocycles. The van der Waals surface area contributed by atoms with Crippen molar-refractivity contribution in [2.45, 2.75) is 19.3 Å². The molecule has 2 heterocycles. The molecule has 114 valence electrons. The quantitative estimate of drug-likeness (QED) is 0.837. The molecule has 0 radical (unpaired) electrons. The summed E-state index contributed by atoms with van der Waals surface area (Å²) in [4.78, 5) is 17.2. The van der Waals surface area contributed by atoms with Gasteiger partial charge in [0.2, 0.25) is 0 Å². The Hall–Kier alpha value is -1.55. The number of benzene rings is 1. The van der Waals surface area contributed by atoms with Gasteiger partial charge in [-0.15, -0.1) is 0 Å². The Morgan fingerprint density at radius 2 is 1.81 bits per heavy atom. The number of carbonyl (C=O) groups excluding carboxylic acids is 1. The van der Waals surface area contributed by atoms with Crippen LogP contribution in [0.25, 0.3) is 0 Å². The Bertz CT molecular complexity index is 521. The number of methoxy groups -OCH3 is 1. The molecule has 0 unspecified atom stereocenters.